The van der Waals surface area contributed by atoms with Crippen LogP contribution in [-0.2, 0) is 0 Å². The zero-order valence-corrected chi connectivity index (χ0v) is 11.2. The van der Waals surface area contributed by atoms with Gasteiger partial charge in [-0.2, -0.15) is 5.10 Å². The van der Waals surface area contributed by atoms with Gasteiger partial charge in [0.25, 0.3) is 5.91 Å². The summed E-state index contributed by atoms with van der Waals surface area (Å²) in [7, 11) is 0. The number of aromatic nitrogens is 3. The third kappa shape index (κ3) is 2.79. The Hall–Kier alpha value is -2.21. The molecule has 0 aliphatic rings. The Kier molecular flexibility index (Phi) is 3.62. The predicted molar refractivity (Wildman–Crippen MR) is 73.1 cm³/mol. The number of hydrogen-bond acceptors (Lipinski definition) is 5. The molecule has 1 heterocycles. The summed E-state index contributed by atoms with van der Waals surface area (Å²) in [6.45, 7) is 3.57. The first kappa shape index (κ1) is 13.2. The summed E-state index contributed by atoms with van der Waals surface area (Å²) in [5, 5.41) is 10.5. The molecule has 0 fully saturated rings. The first-order valence-corrected chi connectivity index (χ1v) is 5.90. The van der Waals surface area contributed by atoms with Crippen LogP contribution in [0.25, 0.3) is 0 Å². The quantitative estimate of drug-likeness (QED) is 0.819. The molecule has 6 nitrogen and oxygen atoms in total. The van der Waals surface area contributed by atoms with E-state index in [0.29, 0.717) is 16.4 Å². The van der Waals surface area contributed by atoms with Gasteiger partial charge in [0.2, 0.25) is 5.95 Å². The lowest BCUT2D eigenvalue weighted by molar-refractivity contribution is 0.102. The van der Waals surface area contributed by atoms with E-state index < -0.39 is 5.91 Å². The van der Waals surface area contributed by atoms with Crippen LogP contribution >= 0.6 is 11.6 Å². The minimum absolute atomic E-state index is 0.132. The first-order chi connectivity index (χ1) is 8.99. The van der Waals surface area contributed by atoms with E-state index in [4.69, 9.17) is 17.3 Å². The number of benzene rings is 1. The maximum atomic E-state index is 12.0. The van der Waals surface area contributed by atoms with Crippen molar-refractivity contribution < 1.29 is 4.79 Å². The van der Waals surface area contributed by atoms with Crippen LogP contribution in [-0.4, -0.2) is 21.1 Å². The van der Waals surface area contributed by atoms with Crippen LogP contribution in [0.1, 0.15) is 21.7 Å². The minimum Gasteiger partial charge on any atom is -0.397 e. The van der Waals surface area contributed by atoms with Crippen molar-refractivity contribution >= 4 is 29.1 Å². The molecule has 19 heavy (non-hydrogen) atoms. The lowest BCUT2D eigenvalue weighted by atomic mass is 10.1. The molecular formula is C12H12ClN5O. The van der Waals surface area contributed by atoms with E-state index in [1.165, 1.54) is 0 Å². The zero-order chi connectivity index (χ0) is 14.0. The second-order valence-electron chi connectivity index (χ2n) is 3.96. The maximum Gasteiger partial charge on any atom is 0.260 e. The monoisotopic (exact) mass is 277 g/mol. The number of nitrogen functional groups attached to an aromatic ring is 1. The summed E-state index contributed by atoms with van der Waals surface area (Å²) < 4.78 is 0. The lowest BCUT2D eigenvalue weighted by Crippen LogP contribution is -2.17. The van der Waals surface area contributed by atoms with Gasteiger partial charge in [-0.3, -0.25) is 10.1 Å². The number of carbonyl (C=O) groups excluding carboxylic acids is 1. The summed E-state index contributed by atoms with van der Waals surface area (Å²) in [4.78, 5) is 16.1. The Balaban J connectivity index is 2.26. The molecule has 0 atom stereocenters. The van der Waals surface area contributed by atoms with Crippen molar-refractivity contribution in [3.63, 3.8) is 0 Å². The second kappa shape index (κ2) is 5.19. The third-order valence-corrected chi connectivity index (χ3v) is 2.94. The fraction of sp³-hybridized carbons (Fsp3) is 0.167. The zero-order valence-electron chi connectivity index (χ0n) is 10.4. The normalized spacial score (nSPS) is 10.3. The highest BCUT2D eigenvalue weighted by Gasteiger charge is 2.13. The molecule has 3 N–H and O–H groups in total. The average molecular weight is 278 g/mol. The number of anilines is 2. The minimum atomic E-state index is -0.426. The molecule has 0 saturated carbocycles. The molecule has 98 valence electrons. The second-order valence-corrected chi connectivity index (χ2v) is 4.37. The number of halogens is 1. The van der Waals surface area contributed by atoms with Crippen LogP contribution in [0.4, 0.5) is 11.6 Å². The Bertz CT molecular complexity index is 644. The van der Waals surface area contributed by atoms with Crippen LogP contribution in [0.2, 0.25) is 5.02 Å². The Labute approximate surface area is 115 Å². The van der Waals surface area contributed by atoms with Gasteiger partial charge in [-0.25, -0.2) is 4.98 Å². The van der Waals surface area contributed by atoms with Crippen molar-refractivity contribution in [1.29, 1.82) is 0 Å². The van der Waals surface area contributed by atoms with Gasteiger partial charge in [-0.05, 0) is 26.0 Å². The molecule has 1 aromatic carbocycles. The Morgan fingerprint density at radius 3 is 2.68 bits per heavy atom. The van der Waals surface area contributed by atoms with Gasteiger partial charge in [-0.1, -0.05) is 17.7 Å². The van der Waals surface area contributed by atoms with E-state index in [2.05, 4.69) is 20.5 Å². The van der Waals surface area contributed by atoms with Crippen molar-refractivity contribution in [2.45, 2.75) is 13.8 Å². The van der Waals surface area contributed by atoms with Crippen LogP contribution in [0.3, 0.4) is 0 Å². The number of rotatable bonds is 2. The van der Waals surface area contributed by atoms with Gasteiger partial charge < -0.3 is 5.73 Å². The van der Waals surface area contributed by atoms with Crippen molar-refractivity contribution in [2.24, 2.45) is 0 Å². The molecule has 0 bridgehead atoms. The molecule has 0 unspecified atom stereocenters. The van der Waals surface area contributed by atoms with E-state index >= 15 is 0 Å². The molecule has 0 saturated heterocycles. The van der Waals surface area contributed by atoms with E-state index in [-0.39, 0.29) is 17.2 Å². The van der Waals surface area contributed by atoms with Gasteiger partial charge in [0.05, 0.1) is 27.7 Å². The van der Waals surface area contributed by atoms with E-state index in [0.717, 1.165) is 0 Å². The first-order valence-electron chi connectivity index (χ1n) is 5.52. The molecule has 2 aromatic rings. The summed E-state index contributed by atoms with van der Waals surface area (Å²) in [5.74, 6) is -0.294. The number of nitrogens with two attached hydrogens (primary N) is 1. The number of nitrogens with one attached hydrogen (secondary N) is 1. The molecule has 0 aliphatic heterocycles. The maximum absolute atomic E-state index is 12.0. The van der Waals surface area contributed by atoms with Gasteiger partial charge in [0.1, 0.15) is 0 Å². The molecule has 1 amide bonds. The fourth-order valence-electron chi connectivity index (χ4n) is 1.41. The number of aryl methyl sites for hydroxylation is 2. The van der Waals surface area contributed by atoms with E-state index in [9.17, 15) is 4.79 Å². The molecule has 0 aliphatic carbocycles. The summed E-state index contributed by atoms with van der Waals surface area (Å²) in [6, 6.07) is 4.83. The number of nitrogens with zero attached hydrogens (tertiary/aromatic N) is 3. The number of hydrogen-bond donors (Lipinski definition) is 2. The molecule has 0 spiro atoms. The van der Waals surface area contributed by atoms with Crippen molar-refractivity contribution in [3.05, 3.63) is 40.2 Å². The van der Waals surface area contributed by atoms with E-state index in [1.54, 1.807) is 32.0 Å². The molecule has 1 aromatic heterocycles. The fourth-order valence-corrected chi connectivity index (χ4v) is 1.59. The smallest absolute Gasteiger partial charge is 0.260 e. The van der Waals surface area contributed by atoms with Crippen LogP contribution < -0.4 is 11.1 Å². The highest BCUT2D eigenvalue weighted by Crippen LogP contribution is 2.22. The average Bonchev–Trinajstić information content (AvgIpc) is 2.37. The lowest BCUT2D eigenvalue weighted by Gasteiger charge is -2.07. The number of carbonyl (C=O) groups is 1. The molecule has 7 heteroatoms. The highest BCUT2D eigenvalue weighted by atomic mass is 35.5. The number of para-hydroxylation sites is 1. The molecule has 2 rings (SSSR count). The largest absolute Gasteiger partial charge is 0.397 e. The third-order valence-electron chi connectivity index (χ3n) is 2.61. The number of amides is 1. The van der Waals surface area contributed by atoms with Crippen LogP contribution in [0.15, 0.2) is 18.2 Å². The Morgan fingerprint density at radius 2 is 2.00 bits per heavy atom. The van der Waals surface area contributed by atoms with E-state index in [1.807, 2.05) is 0 Å². The van der Waals surface area contributed by atoms with Crippen molar-refractivity contribution in [3.8, 4) is 0 Å². The van der Waals surface area contributed by atoms with Gasteiger partial charge in [-0.15, -0.1) is 5.10 Å². The van der Waals surface area contributed by atoms with Crippen molar-refractivity contribution in [1.82, 2.24) is 15.2 Å². The summed E-state index contributed by atoms with van der Waals surface area (Å²) in [5.41, 5.74) is 7.64. The van der Waals surface area contributed by atoms with Crippen LogP contribution in [0.5, 0.6) is 0 Å². The Morgan fingerprint density at radius 1 is 1.26 bits per heavy atom. The summed E-state index contributed by atoms with van der Waals surface area (Å²) in [6.07, 6.45) is 0. The topological polar surface area (TPSA) is 93.8 Å². The molecular weight excluding hydrogens is 266 g/mol. The molecule has 0 radical (unpaired) electrons. The van der Waals surface area contributed by atoms with Gasteiger partial charge in [0, 0.05) is 0 Å². The SMILES string of the molecule is Cc1nnc(NC(=O)c2cccc(Cl)c2N)nc1C. The van der Waals surface area contributed by atoms with Gasteiger partial charge in [0.15, 0.2) is 0 Å². The predicted octanol–water partition coefficient (Wildman–Crippen LogP) is 1.98. The van der Waals surface area contributed by atoms with Crippen molar-refractivity contribution in [2.75, 3.05) is 11.1 Å². The summed E-state index contributed by atoms with van der Waals surface area (Å²) >= 11 is 5.86. The highest BCUT2D eigenvalue weighted by molar-refractivity contribution is 6.34. The van der Waals surface area contributed by atoms with Crippen LogP contribution in [0, 0.1) is 13.8 Å². The van der Waals surface area contributed by atoms with Gasteiger partial charge >= 0.3 is 0 Å². The standard InChI is InChI=1S/C12H12ClN5O/c1-6-7(2)17-18-12(15-6)16-11(19)8-4-3-5-9(13)10(8)14/h3-5H,14H2,1-2H3,(H,15,16,18,19).